The second kappa shape index (κ2) is 24.0. The topological polar surface area (TPSA) is 257 Å². The first-order valence-corrected chi connectivity index (χ1v) is 28.6. The normalized spacial score (nSPS) is 16.7. The summed E-state index contributed by atoms with van der Waals surface area (Å²) in [6, 6.07) is 28.5. The van der Waals surface area contributed by atoms with Crippen molar-refractivity contribution in [2.24, 2.45) is 11.8 Å². The Labute approximate surface area is 442 Å². The fourth-order valence-corrected chi connectivity index (χ4v) is 11.9. The lowest BCUT2D eigenvalue weighted by molar-refractivity contribution is -0.0318. The molecule has 0 spiro atoms. The summed E-state index contributed by atoms with van der Waals surface area (Å²) in [5.74, 6) is 3.28. The minimum absolute atomic E-state index is 0.00401. The molecule has 2 saturated heterocycles. The van der Waals surface area contributed by atoms with Crippen molar-refractivity contribution in [1.29, 1.82) is 0 Å². The molecule has 0 aromatic heterocycles. The molecule has 0 atom stereocenters. The van der Waals surface area contributed by atoms with Crippen LogP contribution in [0.2, 0.25) is 0 Å². The number of likely N-dealkylation sites (tertiary alicyclic amines) is 2. The van der Waals surface area contributed by atoms with E-state index in [4.69, 9.17) is 50.6 Å². The van der Waals surface area contributed by atoms with Gasteiger partial charge in [0.2, 0.25) is 20.4 Å². The fraction of sp³-hybridized carbons (Fsp3) is 0.407. The van der Waals surface area contributed by atoms with Gasteiger partial charge >= 0.3 is 0 Å². The molecule has 2 fully saturated rings. The van der Waals surface area contributed by atoms with E-state index in [1.165, 1.54) is 12.1 Å². The highest BCUT2D eigenvalue weighted by Gasteiger charge is 2.36. The molecular formula is C54H65ClN4O14S2. The first-order valence-electron chi connectivity index (χ1n) is 24.6. The molecule has 0 radical (unpaired) electrons. The van der Waals surface area contributed by atoms with Crippen LogP contribution in [0.3, 0.4) is 0 Å². The number of amides is 2. The molecule has 0 saturated carbocycles. The average Bonchev–Trinajstić information content (AvgIpc) is 4.17. The van der Waals surface area contributed by atoms with Crippen LogP contribution in [-0.2, 0) is 24.6 Å². The van der Waals surface area contributed by atoms with Crippen molar-refractivity contribution in [3.63, 3.8) is 0 Å². The number of ether oxygens (including phenoxy) is 6. The standard InChI is InChI=1S/C24H29NO6S.C16H24N2O2.C7H5ClO4S.C7H7NO2/c1-17(2)14-24(27)10-12-25(13-11-24)23(26)19-8-6-18(7-9-19)15-32(28,29)21-5-3-4-20-22(21)31-16-30-20;1-12(2)11-16(20)7-9-18(10-8-16)15(19)13-3-5-14(17)6-4-13;8-13(9,10)6-3-1-2-5-7(6)12-4-11-5;8-5-2-1-3-6-7(5)10-4-9-6/h3-9,17,27H,10-16H2,1-2H3;3-6,12,20H,7-11,17H2,1-2H3;1-3H,4H2;1-3H,4,8H2. The van der Waals surface area contributed by atoms with E-state index in [0.717, 1.165) is 18.6 Å². The van der Waals surface area contributed by atoms with Crippen LogP contribution >= 0.6 is 10.7 Å². The zero-order chi connectivity index (χ0) is 54.1. The number of halogens is 1. The first-order chi connectivity index (χ1) is 35.5. The predicted molar refractivity (Wildman–Crippen MR) is 282 cm³/mol. The summed E-state index contributed by atoms with van der Waals surface area (Å²) in [5.41, 5.74) is 12.9. The second-order valence-corrected chi connectivity index (χ2v) is 24.3. The highest BCUT2D eigenvalue weighted by atomic mass is 35.7. The maximum absolute atomic E-state index is 12.9. The Kier molecular flexibility index (Phi) is 18.0. The second-order valence-electron chi connectivity index (χ2n) is 19.8. The molecule has 10 rings (SSSR count). The summed E-state index contributed by atoms with van der Waals surface area (Å²) in [6.07, 6.45) is 4.00. The summed E-state index contributed by atoms with van der Waals surface area (Å²) < 4.78 is 78.6. The number of piperidine rings is 2. The molecule has 5 heterocycles. The van der Waals surface area contributed by atoms with Crippen molar-refractivity contribution in [2.75, 3.05) is 58.0 Å². The molecule has 5 aromatic carbocycles. The van der Waals surface area contributed by atoms with Crippen LogP contribution in [0.4, 0.5) is 11.4 Å². The number of anilines is 2. The first kappa shape index (κ1) is 56.3. The van der Waals surface area contributed by atoms with Crippen LogP contribution in [0.25, 0.3) is 0 Å². The SMILES string of the molecule is CC(C)CC1(O)CCN(C(=O)c2ccc(CS(=O)(=O)c3cccc4c3OCO4)cc2)CC1.CC(C)CC1(O)CCN(C(=O)c2ccc(N)cc2)CC1.Nc1cccc2c1OCO2.O=S(=O)(Cl)c1cccc2c1OCO2. The van der Waals surface area contributed by atoms with Gasteiger partial charge < -0.3 is 59.9 Å². The summed E-state index contributed by atoms with van der Waals surface area (Å²) in [6.45, 7) is 11.0. The maximum Gasteiger partial charge on any atom is 0.265 e. The van der Waals surface area contributed by atoms with E-state index < -0.39 is 30.1 Å². The highest BCUT2D eigenvalue weighted by molar-refractivity contribution is 8.13. The minimum Gasteiger partial charge on any atom is -0.454 e. The Bertz CT molecular complexity index is 3010. The Morgan fingerprint density at radius 2 is 0.947 bits per heavy atom. The molecule has 0 bridgehead atoms. The van der Waals surface area contributed by atoms with Crippen LogP contribution in [0.15, 0.2) is 113 Å². The number of nitrogen functional groups attached to an aromatic ring is 2. The van der Waals surface area contributed by atoms with Gasteiger partial charge in [0, 0.05) is 53.7 Å². The van der Waals surface area contributed by atoms with Gasteiger partial charge in [-0.1, -0.05) is 58.0 Å². The van der Waals surface area contributed by atoms with Gasteiger partial charge in [-0.2, -0.15) is 0 Å². The summed E-state index contributed by atoms with van der Waals surface area (Å²) >= 11 is 0. The molecule has 18 nitrogen and oxygen atoms in total. The zero-order valence-corrected chi connectivity index (χ0v) is 44.8. The monoisotopic (exact) mass is 1090 g/mol. The molecule has 21 heteroatoms. The number of benzene rings is 5. The number of nitrogens with two attached hydrogens (primary N) is 2. The van der Waals surface area contributed by atoms with E-state index in [-0.39, 0.29) is 59.2 Å². The number of aliphatic hydroxyl groups is 2. The van der Waals surface area contributed by atoms with Crippen LogP contribution in [0.5, 0.6) is 34.5 Å². The van der Waals surface area contributed by atoms with Crippen LogP contribution in [0.1, 0.15) is 92.5 Å². The predicted octanol–water partition coefficient (Wildman–Crippen LogP) is 8.02. The number of nitrogens with zero attached hydrogens (tertiary/aromatic N) is 2. The smallest absolute Gasteiger partial charge is 0.265 e. The number of carbonyl (C=O) groups excluding carboxylic acids is 2. The van der Waals surface area contributed by atoms with Crippen molar-refractivity contribution in [2.45, 2.75) is 93.0 Å². The number of hydrogen-bond donors (Lipinski definition) is 4. The zero-order valence-electron chi connectivity index (χ0n) is 42.4. The van der Waals surface area contributed by atoms with E-state index in [1.807, 2.05) is 17.0 Å². The Morgan fingerprint density at radius 3 is 1.37 bits per heavy atom. The van der Waals surface area contributed by atoms with Crippen molar-refractivity contribution in [1.82, 2.24) is 9.80 Å². The molecule has 5 aromatic rings. The van der Waals surface area contributed by atoms with E-state index in [2.05, 4.69) is 27.7 Å². The summed E-state index contributed by atoms with van der Waals surface area (Å²) in [4.78, 5) is 28.9. The Hall–Kier alpha value is -6.45. The van der Waals surface area contributed by atoms with E-state index in [1.54, 1.807) is 83.8 Å². The van der Waals surface area contributed by atoms with Crippen LogP contribution < -0.4 is 39.9 Å². The lowest BCUT2D eigenvalue weighted by Crippen LogP contribution is -2.47. The molecule has 2 amide bonds. The van der Waals surface area contributed by atoms with Crippen LogP contribution in [0, 0.1) is 11.8 Å². The molecule has 0 aliphatic carbocycles. The molecule has 5 aliphatic heterocycles. The number of carbonyl (C=O) groups is 2. The highest BCUT2D eigenvalue weighted by Crippen LogP contribution is 2.41. The third-order valence-corrected chi connectivity index (χ3v) is 16.1. The number of hydrogen-bond acceptors (Lipinski definition) is 16. The van der Waals surface area contributed by atoms with Gasteiger partial charge in [-0.3, -0.25) is 9.59 Å². The van der Waals surface area contributed by atoms with Gasteiger partial charge in [0.25, 0.3) is 20.9 Å². The maximum atomic E-state index is 12.9. The fourth-order valence-electron chi connectivity index (χ4n) is 9.41. The number of para-hydroxylation sites is 3. The Balaban J connectivity index is 0.000000161. The summed E-state index contributed by atoms with van der Waals surface area (Å²) in [5, 5.41) is 21.2. The molecule has 404 valence electrons. The van der Waals surface area contributed by atoms with Crippen molar-refractivity contribution in [3.05, 3.63) is 120 Å². The van der Waals surface area contributed by atoms with E-state index >= 15 is 0 Å². The lowest BCUT2D eigenvalue weighted by atomic mass is 9.84. The van der Waals surface area contributed by atoms with E-state index in [0.29, 0.717) is 109 Å². The van der Waals surface area contributed by atoms with E-state index in [9.17, 15) is 36.6 Å². The van der Waals surface area contributed by atoms with Gasteiger partial charge in [0.1, 0.15) is 9.79 Å². The number of rotatable bonds is 10. The third-order valence-electron chi connectivity index (χ3n) is 13.0. The molecule has 0 unspecified atom stereocenters. The minimum atomic E-state index is -3.76. The van der Waals surface area contributed by atoms with Gasteiger partial charge in [0.05, 0.1) is 22.6 Å². The van der Waals surface area contributed by atoms with Crippen molar-refractivity contribution < 1.29 is 65.1 Å². The van der Waals surface area contributed by atoms with Crippen molar-refractivity contribution in [3.8, 4) is 34.5 Å². The summed E-state index contributed by atoms with van der Waals surface area (Å²) in [7, 11) is -2.23. The van der Waals surface area contributed by atoms with Crippen molar-refractivity contribution >= 4 is 52.8 Å². The van der Waals surface area contributed by atoms with Gasteiger partial charge in [-0.05, 0) is 129 Å². The van der Waals surface area contributed by atoms with Gasteiger partial charge in [0.15, 0.2) is 44.3 Å². The number of sulfone groups is 1. The molecule has 5 aliphatic rings. The molecule has 75 heavy (non-hydrogen) atoms. The molecule has 6 N–H and O–H groups in total. The number of fused-ring (bicyclic) bond motifs is 3. The van der Waals surface area contributed by atoms with Gasteiger partial charge in [-0.25, -0.2) is 16.8 Å². The quantitative estimate of drug-likeness (QED) is 0.0762. The average molecular weight is 1090 g/mol. The lowest BCUT2D eigenvalue weighted by Gasteiger charge is -2.39. The largest absolute Gasteiger partial charge is 0.454 e. The van der Waals surface area contributed by atoms with Gasteiger partial charge in [-0.15, -0.1) is 0 Å². The molecular weight excluding hydrogens is 1030 g/mol. The Morgan fingerprint density at radius 1 is 0.560 bits per heavy atom. The van der Waals surface area contributed by atoms with Crippen LogP contribution in [-0.4, -0.2) is 106 Å². The third kappa shape index (κ3) is 14.7.